The minimum Gasteiger partial charge on any atom is -0.321 e. The summed E-state index contributed by atoms with van der Waals surface area (Å²) in [4.78, 5) is 12.8. The number of hydrogen-bond donors (Lipinski definition) is 1. The van der Waals surface area contributed by atoms with Crippen LogP contribution in [-0.4, -0.2) is 15.7 Å². The molecule has 1 N–H and O–H groups in total. The lowest BCUT2D eigenvalue weighted by Crippen LogP contribution is -2.15. The van der Waals surface area contributed by atoms with Gasteiger partial charge < -0.3 is 5.32 Å². The topological polar surface area (TPSA) is 70.7 Å². The first kappa shape index (κ1) is 17.0. The van der Waals surface area contributed by atoms with E-state index in [9.17, 15) is 9.18 Å². The molecule has 0 saturated carbocycles. The maximum Gasteiger partial charge on any atom is 0.276 e. The highest BCUT2D eigenvalue weighted by Gasteiger charge is 2.27. The summed E-state index contributed by atoms with van der Waals surface area (Å²) in [5.41, 5.74) is 4.00. The number of hydrogen-bond acceptors (Lipinski definition) is 3. The number of rotatable bonds is 4. The van der Waals surface area contributed by atoms with Crippen molar-refractivity contribution in [2.24, 2.45) is 0 Å². The number of fused-ring (bicyclic) bond motifs is 1. The van der Waals surface area contributed by atoms with E-state index in [2.05, 4.69) is 16.5 Å². The number of carbonyl (C=O) groups is 1. The fourth-order valence-electron chi connectivity index (χ4n) is 3.43. The zero-order valence-electron chi connectivity index (χ0n) is 14.6. The number of aromatic nitrogens is 2. The van der Waals surface area contributed by atoms with Crippen LogP contribution in [0.3, 0.4) is 0 Å². The number of nitriles is 1. The van der Waals surface area contributed by atoms with E-state index in [4.69, 9.17) is 5.26 Å². The lowest BCUT2D eigenvalue weighted by molar-refractivity contribution is 0.102. The van der Waals surface area contributed by atoms with Gasteiger partial charge in [-0.25, -0.2) is 9.07 Å². The van der Waals surface area contributed by atoms with Gasteiger partial charge in [0.25, 0.3) is 5.91 Å². The predicted molar refractivity (Wildman–Crippen MR) is 99.3 cm³/mol. The molecule has 27 heavy (non-hydrogen) atoms. The van der Waals surface area contributed by atoms with Crippen molar-refractivity contribution in [3.8, 4) is 11.8 Å². The Morgan fingerprint density at radius 1 is 1.19 bits per heavy atom. The summed E-state index contributed by atoms with van der Waals surface area (Å²) in [6.07, 6.45) is 2.78. The number of halogens is 1. The van der Waals surface area contributed by atoms with Crippen LogP contribution in [0.15, 0.2) is 48.5 Å². The molecular weight excluding hydrogens is 343 g/mol. The van der Waals surface area contributed by atoms with Crippen LogP contribution in [0, 0.1) is 17.1 Å². The Kier molecular flexibility index (Phi) is 4.43. The molecule has 1 amide bonds. The van der Waals surface area contributed by atoms with Gasteiger partial charge in [0.1, 0.15) is 11.5 Å². The van der Waals surface area contributed by atoms with Gasteiger partial charge in [-0.1, -0.05) is 24.3 Å². The highest BCUT2D eigenvalue weighted by molar-refractivity contribution is 6.04. The quantitative estimate of drug-likeness (QED) is 0.769. The Labute approximate surface area is 156 Å². The number of benzene rings is 2. The van der Waals surface area contributed by atoms with E-state index in [1.54, 1.807) is 47.1 Å². The maximum atomic E-state index is 14.2. The van der Waals surface area contributed by atoms with Gasteiger partial charge in [-0.2, -0.15) is 10.4 Å². The van der Waals surface area contributed by atoms with Crippen LogP contribution in [0.25, 0.3) is 5.69 Å². The van der Waals surface area contributed by atoms with Crippen LogP contribution in [0.2, 0.25) is 0 Å². The summed E-state index contributed by atoms with van der Waals surface area (Å²) in [5.74, 6) is -0.675. The number of para-hydroxylation sites is 1. The maximum absolute atomic E-state index is 14.2. The zero-order chi connectivity index (χ0) is 18.8. The largest absolute Gasteiger partial charge is 0.321 e. The second-order valence-corrected chi connectivity index (χ2v) is 6.48. The fourth-order valence-corrected chi connectivity index (χ4v) is 3.43. The van der Waals surface area contributed by atoms with Gasteiger partial charge in [-0.3, -0.25) is 4.79 Å². The third-order valence-corrected chi connectivity index (χ3v) is 4.72. The molecule has 1 heterocycles. The second-order valence-electron chi connectivity index (χ2n) is 6.48. The normalized spacial score (nSPS) is 12.4. The van der Waals surface area contributed by atoms with Crippen molar-refractivity contribution in [1.29, 1.82) is 5.26 Å². The molecule has 134 valence electrons. The van der Waals surface area contributed by atoms with Crippen molar-refractivity contribution in [3.05, 3.63) is 76.9 Å². The minimum atomic E-state index is -0.366. The first-order chi connectivity index (χ1) is 13.2. The summed E-state index contributed by atoms with van der Waals surface area (Å²) < 4.78 is 15.8. The van der Waals surface area contributed by atoms with Gasteiger partial charge in [-0.05, 0) is 49.1 Å². The Morgan fingerprint density at radius 2 is 1.96 bits per heavy atom. The average Bonchev–Trinajstić information content (AvgIpc) is 3.27. The molecular formula is C21H17FN4O. The van der Waals surface area contributed by atoms with Gasteiger partial charge in [-0.15, -0.1) is 0 Å². The van der Waals surface area contributed by atoms with Crippen LogP contribution < -0.4 is 5.32 Å². The van der Waals surface area contributed by atoms with Crippen molar-refractivity contribution in [2.75, 3.05) is 5.32 Å². The van der Waals surface area contributed by atoms with E-state index in [0.717, 1.165) is 36.1 Å². The molecule has 0 radical (unpaired) electrons. The molecule has 0 saturated heterocycles. The first-order valence-electron chi connectivity index (χ1n) is 8.80. The summed E-state index contributed by atoms with van der Waals surface area (Å²) in [5, 5.41) is 16.0. The van der Waals surface area contributed by atoms with Crippen molar-refractivity contribution < 1.29 is 9.18 Å². The Morgan fingerprint density at radius 3 is 2.70 bits per heavy atom. The number of nitrogens with one attached hydrogen (secondary N) is 1. The first-order valence-corrected chi connectivity index (χ1v) is 8.80. The molecule has 0 atom stereocenters. The molecule has 0 bridgehead atoms. The van der Waals surface area contributed by atoms with Gasteiger partial charge >= 0.3 is 0 Å². The Balaban J connectivity index is 1.64. The standard InChI is InChI=1S/C21H17FN4O/c22-17-5-1-2-6-19(17)26-18-7-3-4-16(18)20(25-26)21(27)24-15-10-8-14(9-11-15)12-13-23/h1-2,5-6,8-11H,3-4,7,12H2,(H,24,27). The number of nitrogens with zero attached hydrogens (tertiary/aromatic N) is 3. The van der Waals surface area contributed by atoms with E-state index < -0.39 is 0 Å². The predicted octanol–water partition coefficient (Wildman–Crippen LogP) is 3.82. The van der Waals surface area contributed by atoms with E-state index in [1.807, 2.05) is 0 Å². The van der Waals surface area contributed by atoms with E-state index >= 15 is 0 Å². The highest BCUT2D eigenvalue weighted by Crippen LogP contribution is 2.29. The SMILES string of the molecule is N#CCc1ccc(NC(=O)c2nn(-c3ccccc3F)c3c2CCC3)cc1. The molecule has 0 spiro atoms. The van der Waals surface area contributed by atoms with Crippen LogP contribution in [0.5, 0.6) is 0 Å². The van der Waals surface area contributed by atoms with Crippen molar-refractivity contribution in [3.63, 3.8) is 0 Å². The van der Waals surface area contributed by atoms with Crippen LogP contribution in [0.1, 0.15) is 33.7 Å². The van der Waals surface area contributed by atoms with Gasteiger partial charge in [0, 0.05) is 16.9 Å². The van der Waals surface area contributed by atoms with E-state index in [1.165, 1.54) is 6.07 Å². The summed E-state index contributed by atoms with van der Waals surface area (Å²) in [7, 11) is 0. The van der Waals surface area contributed by atoms with Gasteiger partial charge in [0.2, 0.25) is 0 Å². The highest BCUT2D eigenvalue weighted by atomic mass is 19.1. The second kappa shape index (κ2) is 7.04. The van der Waals surface area contributed by atoms with Crippen LogP contribution in [0.4, 0.5) is 10.1 Å². The molecule has 1 aromatic heterocycles. The molecule has 0 aliphatic heterocycles. The lowest BCUT2D eigenvalue weighted by atomic mass is 10.1. The molecule has 0 unspecified atom stereocenters. The third kappa shape index (κ3) is 3.20. The lowest BCUT2D eigenvalue weighted by Gasteiger charge is -2.06. The van der Waals surface area contributed by atoms with E-state index in [0.29, 0.717) is 23.5 Å². The summed E-state index contributed by atoms with van der Waals surface area (Å²) in [6, 6.07) is 15.7. The van der Waals surface area contributed by atoms with E-state index in [-0.39, 0.29) is 11.7 Å². The number of anilines is 1. The monoisotopic (exact) mass is 360 g/mol. The van der Waals surface area contributed by atoms with Gasteiger partial charge in [0.15, 0.2) is 5.69 Å². The molecule has 3 aromatic rings. The third-order valence-electron chi connectivity index (χ3n) is 4.72. The Bertz CT molecular complexity index is 1050. The average molecular weight is 360 g/mol. The van der Waals surface area contributed by atoms with Crippen LogP contribution >= 0.6 is 0 Å². The smallest absolute Gasteiger partial charge is 0.276 e. The summed E-state index contributed by atoms with van der Waals surface area (Å²) >= 11 is 0. The molecule has 1 aliphatic carbocycles. The molecule has 6 heteroatoms. The molecule has 4 rings (SSSR count). The minimum absolute atomic E-state index is 0.309. The molecule has 0 fully saturated rings. The molecule has 5 nitrogen and oxygen atoms in total. The molecule has 2 aromatic carbocycles. The summed E-state index contributed by atoms with van der Waals surface area (Å²) in [6.45, 7) is 0. The fraction of sp³-hybridized carbons (Fsp3) is 0.190. The zero-order valence-corrected chi connectivity index (χ0v) is 14.6. The molecule has 1 aliphatic rings. The number of amides is 1. The van der Waals surface area contributed by atoms with Gasteiger partial charge in [0.05, 0.1) is 12.5 Å². The number of carbonyl (C=O) groups excluding carboxylic acids is 1. The van der Waals surface area contributed by atoms with Crippen molar-refractivity contribution in [1.82, 2.24) is 9.78 Å². The Hall–Kier alpha value is -3.46. The van der Waals surface area contributed by atoms with Crippen molar-refractivity contribution in [2.45, 2.75) is 25.7 Å². The van der Waals surface area contributed by atoms with Crippen LogP contribution in [-0.2, 0) is 19.3 Å². The van der Waals surface area contributed by atoms with Crippen molar-refractivity contribution >= 4 is 11.6 Å².